The summed E-state index contributed by atoms with van der Waals surface area (Å²) in [5, 5.41) is 5.81. The number of benzene rings is 1. The normalized spacial score (nSPS) is 15.5. The van der Waals surface area contributed by atoms with Gasteiger partial charge in [0.15, 0.2) is 0 Å². The number of rotatable bonds is 5. The van der Waals surface area contributed by atoms with Gasteiger partial charge in [-0.1, -0.05) is 29.3 Å². The average molecular weight is 395 g/mol. The third-order valence-electron chi connectivity index (χ3n) is 4.81. The molecular weight excluding hydrogens is 371 g/mol. The first-order chi connectivity index (χ1) is 12.4. The van der Waals surface area contributed by atoms with Gasteiger partial charge in [-0.2, -0.15) is 5.10 Å². The van der Waals surface area contributed by atoms with Gasteiger partial charge in [0.05, 0.1) is 5.69 Å². The molecule has 2 aromatic rings. The zero-order valence-corrected chi connectivity index (χ0v) is 16.7. The number of aromatic nitrogens is 2. The highest BCUT2D eigenvalue weighted by molar-refractivity contribution is 6.35. The maximum atomic E-state index is 12.5. The van der Waals surface area contributed by atoms with Crippen molar-refractivity contribution in [2.45, 2.75) is 33.4 Å². The van der Waals surface area contributed by atoms with Crippen LogP contribution in [0.2, 0.25) is 10.0 Å². The van der Waals surface area contributed by atoms with Crippen LogP contribution in [0.15, 0.2) is 24.3 Å². The van der Waals surface area contributed by atoms with Gasteiger partial charge >= 0.3 is 0 Å². The molecule has 5 nitrogen and oxygen atoms in total. The topological polar surface area (TPSA) is 41.4 Å². The number of amides is 1. The van der Waals surface area contributed by atoms with Crippen LogP contribution >= 0.6 is 23.2 Å². The van der Waals surface area contributed by atoms with Crippen LogP contribution in [0.4, 0.5) is 0 Å². The molecule has 26 heavy (non-hydrogen) atoms. The fraction of sp³-hybridized carbons (Fsp3) is 0.474. The molecule has 0 unspecified atom stereocenters. The number of halogens is 2. The lowest BCUT2D eigenvalue weighted by Crippen LogP contribution is -2.48. The number of nitrogens with zero attached hydrogens (tertiary/aromatic N) is 4. The van der Waals surface area contributed by atoms with Gasteiger partial charge in [-0.05, 0) is 32.0 Å². The van der Waals surface area contributed by atoms with Crippen LogP contribution in [-0.4, -0.2) is 51.7 Å². The summed E-state index contributed by atoms with van der Waals surface area (Å²) in [5.74, 6) is 0.188. The van der Waals surface area contributed by atoms with E-state index in [1.807, 2.05) is 47.7 Å². The molecule has 0 N–H and O–H groups in total. The van der Waals surface area contributed by atoms with Gasteiger partial charge in [0.1, 0.15) is 0 Å². The monoisotopic (exact) mass is 394 g/mol. The maximum Gasteiger partial charge on any atom is 0.224 e. The second-order valence-corrected chi connectivity index (χ2v) is 7.57. The zero-order valence-electron chi connectivity index (χ0n) is 15.2. The Labute approximate surface area is 164 Å². The van der Waals surface area contributed by atoms with Crippen LogP contribution in [0.1, 0.15) is 23.4 Å². The van der Waals surface area contributed by atoms with E-state index in [4.69, 9.17) is 23.2 Å². The Balaban J connectivity index is 1.48. The first-order valence-corrected chi connectivity index (χ1v) is 9.63. The summed E-state index contributed by atoms with van der Waals surface area (Å²) in [6.45, 7) is 8.45. The summed E-state index contributed by atoms with van der Waals surface area (Å²) in [5.41, 5.74) is 3.04. The minimum absolute atomic E-state index is 0.188. The molecule has 0 radical (unpaired) electrons. The molecule has 1 saturated heterocycles. The van der Waals surface area contributed by atoms with E-state index in [9.17, 15) is 4.79 Å². The van der Waals surface area contributed by atoms with Crippen molar-refractivity contribution < 1.29 is 4.79 Å². The van der Waals surface area contributed by atoms with E-state index in [-0.39, 0.29) is 5.91 Å². The minimum atomic E-state index is 0.188. The summed E-state index contributed by atoms with van der Waals surface area (Å²) < 4.78 is 1.91. The third-order valence-corrected chi connectivity index (χ3v) is 5.52. The number of aryl methyl sites for hydroxylation is 3. The molecule has 0 aliphatic carbocycles. The molecule has 1 amide bonds. The predicted molar refractivity (Wildman–Crippen MR) is 105 cm³/mol. The molecule has 0 saturated carbocycles. The van der Waals surface area contributed by atoms with Crippen molar-refractivity contribution in [3.8, 4) is 0 Å². The third kappa shape index (κ3) is 4.58. The quantitative estimate of drug-likeness (QED) is 0.778. The standard InChI is InChI=1S/C19H24Cl2N4O/c1-14-12-15(2)25(22-14)7-6-19(26)24-10-8-23(9-11-24)13-16-17(20)4-3-5-18(16)21/h3-5,12H,6-11,13H2,1-2H3. The van der Waals surface area contributed by atoms with Gasteiger partial charge in [0.25, 0.3) is 0 Å². The molecule has 2 heterocycles. The lowest BCUT2D eigenvalue weighted by atomic mass is 10.2. The van der Waals surface area contributed by atoms with Crippen LogP contribution < -0.4 is 0 Å². The molecule has 1 aliphatic heterocycles. The predicted octanol–water partition coefficient (Wildman–Crippen LogP) is 3.54. The summed E-state index contributed by atoms with van der Waals surface area (Å²) in [4.78, 5) is 16.7. The molecule has 1 fully saturated rings. The average Bonchev–Trinajstić information content (AvgIpc) is 2.94. The maximum absolute atomic E-state index is 12.5. The largest absolute Gasteiger partial charge is 0.340 e. The fourth-order valence-corrected chi connectivity index (χ4v) is 3.84. The van der Waals surface area contributed by atoms with Gasteiger partial charge < -0.3 is 4.90 Å². The number of carbonyl (C=O) groups is 1. The Bertz CT molecular complexity index is 762. The highest BCUT2D eigenvalue weighted by Crippen LogP contribution is 2.26. The Kier molecular flexibility index (Phi) is 6.22. The van der Waals surface area contributed by atoms with Gasteiger partial charge in [-0.15, -0.1) is 0 Å². The van der Waals surface area contributed by atoms with Crippen molar-refractivity contribution in [3.63, 3.8) is 0 Å². The molecule has 3 rings (SSSR count). The lowest BCUT2D eigenvalue weighted by molar-refractivity contribution is -0.133. The van der Waals surface area contributed by atoms with Crippen molar-refractivity contribution in [2.75, 3.05) is 26.2 Å². The van der Waals surface area contributed by atoms with Crippen molar-refractivity contribution in [1.29, 1.82) is 0 Å². The van der Waals surface area contributed by atoms with Gasteiger partial charge in [0.2, 0.25) is 5.91 Å². The fourth-order valence-electron chi connectivity index (χ4n) is 3.32. The molecule has 1 aromatic carbocycles. The molecule has 7 heteroatoms. The van der Waals surface area contributed by atoms with Crippen molar-refractivity contribution >= 4 is 29.1 Å². The second-order valence-electron chi connectivity index (χ2n) is 6.76. The second kappa shape index (κ2) is 8.42. The first kappa shape index (κ1) is 19.2. The molecule has 140 valence electrons. The Morgan fingerprint density at radius 2 is 1.77 bits per heavy atom. The van der Waals surface area contributed by atoms with E-state index in [2.05, 4.69) is 10.00 Å². The van der Waals surface area contributed by atoms with Gasteiger partial charge in [0, 0.05) is 67.0 Å². The first-order valence-electron chi connectivity index (χ1n) is 8.88. The molecule has 0 spiro atoms. The van der Waals surface area contributed by atoms with Crippen LogP contribution in [0.25, 0.3) is 0 Å². The minimum Gasteiger partial charge on any atom is -0.340 e. The van der Waals surface area contributed by atoms with Gasteiger partial charge in [-0.3, -0.25) is 14.4 Å². The highest BCUT2D eigenvalue weighted by Gasteiger charge is 2.22. The van der Waals surface area contributed by atoms with E-state index in [0.717, 1.165) is 43.1 Å². The van der Waals surface area contributed by atoms with Crippen LogP contribution in [-0.2, 0) is 17.9 Å². The molecular formula is C19H24Cl2N4O. The number of hydrogen-bond donors (Lipinski definition) is 0. The van der Waals surface area contributed by atoms with E-state index < -0.39 is 0 Å². The molecule has 0 atom stereocenters. The van der Waals surface area contributed by atoms with Crippen molar-refractivity contribution in [3.05, 3.63) is 51.3 Å². The van der Waals surface area contributed by atoms with E-state index in [1.165, 1.54) is 0 Å². The molecule has 1 aromatic heterocycles. The van der Waals surface area contributed by atoms with E-state index >= 15 is 0 Å². The Hall–Kier alpha value is -1.56. The van der Waals surface area contributed by atoms with E-state index in [0.29, 0.717) is 29.6 Å². The highest BCUT2D eigenvalue weighted by atomic mass is 35.5. The van der Waals surface area contributed by atoms with Gasteiger partial charge in [-0.25, -0.2) is 0 Å². The van der Waals surface area contributed by atoms with Crippen molar-refractivity contribution in [2.24, 2.45) is 0 Å². The number of piperazine rings is 1. The number of carbonyl (C=O) groups excluding carboxylic acids is 1. The summed E-state index contributed by atoms with van der Waals surface area (Å²) in [6.07, 6.45) is 0.484. The summed E-state index contributed by atoms with van der Waals surface area (Å²) >= 11 is 12.5. The summed E-state index contributed by atoms with van der Waals surface area (Å²) in [6, 6.07) is 7.61. The molecule has 0 bridgehead atoms. The zero-order chi connectivity index (χ0) is 18.7. The van der Waals surface area contributed by atoms with Crippen LogP contribution in [0.3, 0.4) is 0 Å². The lowest BCUT2D eigenvalue weighted by Gasteiger charge is -2.35. The molecule has 1 aliphatic rings. The summed E-state index contributed by atoms with van der Waals surface area (Å²) in [7, 11) is 0. The Morgan fingerprint density at radius 1 is 1.12 bits per heavy atom. The van der Waals surface area contributed by atoms with Crippen LogP contribution in [0, 0.1) is 13.8 Å². The number of hydrogen-bond acceptors (Lipinski definition) is 3. The van der Waals surface area contributed by atoms with Crippen molar-refractivity contribution in [1.82, 2.24) is 19.6 Å². The van der Waals surface area contributed by atoms with E-state index in [1.54, 1.807) is 0 Å². The Morgan fingerprint density at radius 3 is 2.35 bits per heavy atom. The van der Waals surface area contributed by atoms with Crippen LogP contribution in [0.5, 0.6) is 0 Å². The SMILES string of the molecule is Cc1cc(C)n(CCC(=O)N2CCN(Cc3c(Cl)cccc3Cl)CC2)n1. The smallest absolute Gasteiger partial charge is 0.224 e.